The summed E-state index contributed by atoms with van der Waals surface area (Å²) in [6, 6.07) is 12.7. The minimum absolute atomic E-state index is 0.0370. The number of carbonyl (C=O) groups excluding carboxylic acids is 1. The molecule has 5 heteroatoms. The van der Waals surface area contributed by atoms with Gasteiger partial charge in [-0.15, -0.1) is 0 Å². The summed E-state index contributed by atoms with van der Waals surface area (Å²) in [5, 5.41) is 11.0. The molecule has 0 spiro atoms. The average molecular weight is 417 g/mol. The molecule has 1 saturated heterocycles. The second-order valence-electron chi connectivity index (χ2n) is 8.57. The summed E-state index contributed by atoms with van der Waals surface area (Å²) in [5.74, 6) is -0.271. The van der Waals surface area contributed by atoms with Gasteiger partial charge in [-0.25, -0.2) is 4.39 Å². The summed E-state index contributed by atoms with van der Waals surface area (Å²) < 4.78 is 19.1. The maximum atomic E-state index is 13.7. The molecule has 0 radical (unpaired) electrons. The lowest BCUT2D eigenvalue weighted by molar-refractivity contribution is -0.156. The molecule has 1 aromatic heterocycles. The number of aryl methyl sites for hydroxylation is 1. The van der Waals surface area contributed by atoms with Crippen molar-refractivity contribution in [1.29, 1.82) is 0 Å². The number of aliphatic hydroxyl groups is 1. The number of esters is 1. The minimum Gasteiger partial charge on any atom is -0.458 e. The van der Waals surface area contributed by atoms with E-state index < -0.39 is 12.2 Å². The van der Waals surface area contributed by atoms with Gasteiger partial charge >= 0.3 is 5.97 Å². The van der Waals surface area contributed by atoms with E-state index in [-0.39, 0.29) is 18.2 Å². The third-order valence-electron chi connectivity index (χ3n) is 5.97. The second kappa shape index (κ2) is 7.89. The van der Waals surface area contributed by atoms with Crippen molar-refractivity contribution in [3.63, 3.8) is 0 Å². The van der Waals surface area contributed by atoms with Crippen LogP contribution < -0.4 is 0 Å². The van der Waals surface area contributed by atoms with Crippen molar-refractivity contribution in [3.8, 4) is 11.1 Å². The number of ether oxygens (including phenoxy) is 1. The predicted octanol–water partition coefficient (Wildman–Crippen LogP) is 5.31. The van der Waals surface area contributed by atoms with Crippen LogP contribution in [0.4, 0.5) is 4.39 Å². The van der Waals surface area contributed by atoms with Crippen LogP contribution in [-0.4, -0.2) is 28.3 Å². The lowest BCUT2D eigenvalue weighted by Crippen LogP contribution is -2.31. The third-order valence-corrected chi connectivity index (χ3v) is 5.97. The largest absolute Gasteiger partial charge is 0.458 e. The van der Waals surface area contributed by atoms with Gasteiger partial charge in [0, 0.05) is 28.9 Å². The highest BCUT2D eigenvalue weighted by Crippen LogP contribution is 2.45. The summed E-state index contributed by atoms with van der Waals surface area (Å²) in [4.78, 5) is 16.7. The summed E-state index contributed by atoms with van der Waals surface area (Å²) in [6.07, 6.45) is 5.25. The van der Waals surface area contributed by atoms with E-state index in [4.69, 9.17) is 9.72 Å². The van der Waals surface area contributed by atoms with Crippen molar-refractivity contribution >= 4 is 22.9 Å². The number of carbonyl (C=O) groups is 1. The van der Waals surface area contributed by atoms with Gasteiger partial charge in [0.05, 0.1) is 23.7 Å². The van der Waals surface area contributed by atoms with Gasteiger partial charge in [-0.2, -0.15) is 0 Å². The first-order valence-corrected chi connectivity index (χ1v) is 10.7. The molecule has 0 amide bonds. The minimum atomic E-state index is -0.687. The van der Waals surface area contributed by atoms with E-state index >= 15 is 0 Å². The van der Waals surface area contributed by atoms with Crippen LogP contribution in [0.1, 0.15) is 48.4 Å². The van der Waals surface area contributed by atoms with E-state index in [2.05, 4.69) is 12.1 Å². The number of aromatic nitrogens is 1. The molecule has 31 heavy (non-hydrogen) atoms. The molecule has 1 aliphatic heterocycles. The normalized spacial score (nSPS) is 21.6. The van der Waals surface area contributed by atoms with E-state index in [9.17, 15) is 14.3 Å². The van der Waals surface area contributed by atoms with Crippen molar-refractivity contribution < 1.29 is 19.0 Å². The van der Waals surface area contributed by atoms with Crippen LogP contribution in [0.5, 0.6) is 0 Å². The molecule has 2 aromatic carbocycles. The molecule has 1 saturated carbocycles. The highest BCUT2D eigenvalue weighted by Gasteiger charge is 2.30. The van der Waals surface area contributed by atoms with Crippen molar-refractivity contribution in [2.75, 3.05) is 0 Å². The molecule has 4 nitrogen and oxygen atoms in total. The van der Waals surface area contributed by atoms with Crippen LogP contribution in [-0.2, 0) is 9.53 Å². The first-order chi connectivity index (χ1) is 15.0. The Morgan fingerprint density at radius 1 is 1.16 bits per heavy atom. The van der Waals surface area contributed by atoms with E-state index in [0.717, 1.165) is 51.7 Å². The maximum Gasteiger partial charge on any atom is 0.309 e. The summed E-state index contributed by atoms with van der Waals surface area (Å²) in [5.41, 5.74) is 5.97. The van der Waals surface area contributed by atoms with Crippen LogP contribution in [0, 0.1) is 12.7 Å². The number of fused-ring (bicyclic) bond motifs is 1. The zero-order valence-corrected chi connectivity index (χ0v) is 17.3. The fraction of sp³-hybridized carbons (Fsp3) is 0.308. The fourth-order valence-corrected chi connectivity index (χ4v) is 4.31. The van der Waals surface area contributed by atoms with Gasteiger partial charge in [0.1, 0.15) is 11.9 Å². The Kier molecular flexibility index (Phi) is 5.06. The number of pyridine rings is 1. The third kappa shape index (κ3) is 4.10. The van der Waals surface area contributed by atoms with Crippen molar-refractivity contribution in [2.24, 2.45) is 0 Å². The molecule has 3 aromatic rings. The maximum absolute atomic E-state index is 13.7. The molecule has 158 valence electrons. The van der Waals surface area contributed by atoms with Crippen LogP contribution in [0.2, 0.25) is 0 Å². The molecule has 0 bridgehead atoms. The number of nitrogens with zero attached hydrogens (tertiary/aromatic N) is 1. The molecular formula is C26H24FNO3. The first-order valence-electron chi connectivity index (χ1n) is 10.7. The summed E-state index contributed by atoms with van der Waals surface area (Å²) in [6.45, 7) is 2.04. The Morgan fingerprint density at radius 3 is 2.65 bits per heavy atom. The van der Waals surface area contributed by atoms with Gasteiger partial charge in [-0.3, -0.25) is 9.78 Å². The lowest BCUT2D eigenvalue weighted by atomic mass is 9.91. The molecule has 1 aliphatic carbocycles. The Bertz CT molecular complexity index is 1180. The van der Waals surface area contributed by atoms with Crippen molar-refractivity contribution in [1.82, 2.24) is 4.98 Å². The zero-order valence-electron chi connectivity index (χ0n) is 17.3. The number of cyclic esters (lactones) is 1. The monoisotopic (exact) mass is 417 g/mol. The quantitative estimate of drug-likeness (QED) is 0.585. The number of hydrogen-bond donors (Lipinski definition) is 1. The summed E-state index contributed by atoms with van der Waals surface area (Å²) >= 11 is 0. The van der Waals surface area contributed by atoms with E-state index in [1.165, 1.54) is 12.1 Å². The zero-order chi connectivity index (χ0) is 21.5. The molecule has 2 heterocycles. The first kappa shape index (κ1) is 19.9. The summed E-state index contributed by atoms with van der Waals surface area (Å²) in [7, 11) is 0. The molecule has 2 fully saturated rings. The Labute approximate surface area is 180 Å². The van der Waals surface area contributed by atoms with Crippen LogP contribution in [0.3, 0.4) is 0 Å². The molecule has 5 rings (SSSR count). The smallest absolute Gasteiger partial charge is 0.309 e. The van der Waals surface area contributed by atoms with Gasteiger partial charge in [0.25, 0.3) is 0 Å². The molecular weight excluding hydrogens is 393 g/mol. The molecule has 1 N–H and O–H groups in total. The number of halogens is 1. The van der Waals surface area contributed by atoms with Crippen molar-refractivity contribution in [2.45, 2.75) is 50.7 Å². The standard InChI is InChI=1S/C26H24FNO3/c1-15-2-11-23-22(12-15)25(16-5-7-18(27)8-6-16)21(26(28-23)17-3-4-17)10-9-20-13-19(29)14-24(30)31-20/h2,5-12,17,19-20,29H,3-4,13-14H2,1H3/b10-9+/t19-,20-/m1/s1. The topological polar surface area (TPSA) is 59.4 Å². The number of benzene rings is 2. The van der Waals surface area contributed by atoms with Crippen LogP contribution >= 0.6 is 0 Å². The van der Waals surface area contributed by atoms with Gasteiger partial charge in [0.15, 0.2) is 0 Å². The van der Waals surface area contributed by atoms with E-state index in [1.807, 2.05) is 25.1 Å². The van der Waals surface area contributed by atoms with Crippen LogP contribution in [0.15, 0.2) is 48.5 Å². The Balaban J connectivity index is 1.70. The van der Waals surface area contributed by atoms with Crippen LogP contribution in [0.25, 0.3) is 28.1 Å². The number of hydrogen-bond acceptors (Lipinski definition) is 4. The van der Waals surface area contributed by atoms with Gasteiger partial charge in [-0.05, 0) is 55.7 Å². The SMILES string of the molecule is Cc1ccc2nc(C3CC3)c(/C=C/[C@@H]3C[C@@H](O)CC(=O)O3)c(-c3ccc(F)cc3)c2c1. The lowest BCUT2D eigenvalue weighted by Gasteiger charge is -2.23. The molecule has 2 atom stereocenters. The Hall–Kier alpha value is -3.05. The predicted molar refractivity (Wildman–Crippen MR) is 118 cm³/mol. The van der Waals surface area contributed by atoms with Gasteiger partial charge in [0.2, 0.25) is 0 Å². The highest BCUT2D eigenvalue weighted by molar-refractivity contribution is 6.00. The van der Waals surface area contributed by atoms with Gasteiger partial charge in [-0.1, -0.05) is 29.8 Å². The van der Waals surface area contributed by atoms with Crippen molar-refractivity contribution in [3.05, 3.63) is 71.2 Å². The number of aliphatic hydroxyl groups excluding tert-OH is 1. The average Bonchev–Trinajstić information content (AvgIpc) is 3.57. The highest BCUT2D eigenvalue weighted by atomic mass is 19.1. The fourth-order valence-electron chi connectivity index (χ4n) is 4.31. The number of rotatable bonds is 4. The molecule has 0 unspecified atom stereocenters. The molecule has 2 aliphatic rings. The van der Waals surface area contributed by atoms with Gasteiger partial charge < -0.3 is 9.84 Å². The Morgan fingerprint density at radius 2 is 1.94 bits per heavy atom. The van der Waals surface area contributed by atoms with E-state index in [0.29, 0.717) is 12.3 Å². The second-order valence-corrected chi connectivity index (χ2v) is 8.57. The van der Waals surface area contributed by atoms with E-state index in [1.54, 1.807) is 12.1 Å².